The van der Waals surface area contributed by atoms with E-state index >= 15 is 0 Å². The van der Waals surface area contributed by atoms with Crippen LogP contribution in [0.3, 0.4) is 0 Å². The van der Waals surface area contributed by atoms with Gasteiger partial charge in [-0.1, -0.05) is 43.2 Å². The molecule has 1 aromatic carbocycles. The zero-order valence-corrected chi connectivity index (χ0v) is 12.0. The second kappa shape index (κ2) is 4.33. The number of rotatable bonds is 1. The van der Waals surface area contributed by atoms with Crippen LogP contribution in [0.4, 0.5) is 0 Å². The lowest BCUT2D eigenvalue weighted by Crippen LogP contribution is -2.40. The van der Waals surface area contributed by atoms with Crippen molar-refractivity contribution in [2.45, 2.75) is 39.7 Å². The van der Waals surface area contributed by atoms with Crippen molar-refractivity contribution in [3.63, 3.8) is 0 Å². The largest absolute Gasteiger partial charge is 0.384 e. The molecule has 1 fully saturated rings. The highest BCUT2D eigenvalue weighted by atomic mass is 32.2. The van der Waals surface area contributed by atoms with Crippen molar-refractivity contribution in [1.82, 2.24) is 0 Å². The van der Waals surface area contributed by atoms with Crippen LogP contribution in [0.5, 0.6) is 0 Å². The third-order valence-electron chi connectivity index (χ3n) is 3.36. The molecule has 1 unspecified atom stereocenters. The Kier molecular flexibility index (Phi) is 3.30. The number of aliphatic hydroxyl groups is 1. The van der Waals surface area contributed by atoms with Gasteiger partial charge in [-0.05, 0) is 37.0 Å². The van der Waals surface area contributed by atoms with Crippen LogP contribution in [0.2, 0.25) is 0 Å². The maximum atomic E-state index is 10.9. The van der Waals surface area contributed by atoms with Crippen LogP contribution in [0.15, 0.2) is 18.2 Å². The first-order chi connectivity index (χ1) is 7.81. The minimum atomic E-state index is -0.650. The predicted molar refractivity (Wildman–Crippen MR) is 75.5 cm³/mol. The summed E-state index contributed by atoms with van der Waals surface area (Å²) in [5.41, 5.74) is 3.14. The first-order valence-corrected chi connectivity index (χ1v) is 7.35. The minimum Gasteiger partial charge on any atom is -0.384 e. The first kappa shape index (κ1) is 13.0. The maximum Gasteiger partial charge on any atom is 0.0992 e. The van der Waals surface area contributed by atoms with Crippen molar-refractivity contribution in [1.29, 1.82) is 0 Å². The standard InChI is InChI=1S/C15H22OS/c1-11-5-12(2)7-13(6-11)15(16)8-14(3,4)9-17-10-15/h5-7,16H,8-10H2,1-4H3. The molecule has 0 saturated carbocycles. The van der Waals surface area contributed by atoms with E-state index in [0.717, 1.165) is 23.5 Å². The van der Waals surface area contributed by atoms with Crippen LogP contribution in [0.1, 0.15) is 37.0 Å². The Morgan fingerprint density at radius 2 is 1.65 bits per heavy atom. The van der Waals surface area contributed by atoms with Crippen LogP contribution in [0, 0.1) is 19.3 Å². The van der Waals surface area contributed by atoms with E-state index in [1.54, 1.807) is 0 Å². The van der Waals surface area contributed by atoms with Crippen molar-refractivity contribution < 1.29 is 5.11 Å². The number of thioether (sulfide) groups is 1. The summed E-state index contributed by atoms with van der Waals surface area (Å²) in [5.74, 6) is 1.96. The van der Waals surface area contributed by atoms with Gasteiger partial charge >= 0.3 is 0 Å². The van der Waals surface area contributed by atoms with Crippen LogP contribution in [0.25, 0.3) is 0 Å². The van der Waals surface area contributed by atoms with Crippen molar-refractivity contribution >= 4 is 11.8 Å². The quantitative estimate of drug-likeness (QED) is 0.821. The molecular formula is C15H22OS. The van der Waals surface area contributed by atoms with Gasteiger partial charge in [-0.25, -0.2) is 0 Å². The summed E-state index contributed by atoms with van der Waals surface area (Å²) in [6.07, 6.45) is 0.857. The number of aryl methyl sites for hydroxylation is 2. The molecule has 1 saturated heterocycles. The third kappa shape index (κ3) is 2.86. The maximum absolute atomic E-state index is 10.9. The molecule has 1 nitrogen and oxygen atoms in total. The highest BCUT2D eigenvalue weighted by Gasteiger charge is 2.40. The summed E-state index contributed by atoms with van der Waals surface area (Å²) < 4.78 is 0. The lowest BCUT2D eigenvalue weighted by Gasteiger charge is -2.41. The fraction of sp³-hybridized carbons (Fsp3) is 0.600. The first-order valence-electron chi connectivity index (χ1n) is 6.20. The molecule has 17 heavy (non-hydrogen) atoms. The average molecular weight is 250 g/mol. The summed E-state index contributed by atoms with van der Waals surface area (Å²) in [6, 6.07) is 6.43. The molecule has 1 heterocycles. The normalized spacial score (nSPS) is 28.1. The molecule has 0 amide bonds. The second-order valence-electron chi connectivity index (χ2n) is 6.24. The SMILES string of the molecule is Cc1cc(C)cc(C2(O)CSCC(C)(C)C2)c1. The van der Waals surface area contributed by atoms with Crippen LogP contribution >= 0.6 is 11.8 Å². The smallest absolute Gasteiger partial charge is 0.0992 e. The van der Waals surface area contributed by atoms with E-state index < -0.39 is 5.60 Å². The molecule has 2 rings (SSSR count). The molecule has 0 radical (unpaired) electrons. The highest BCUT2D eigenvalue weighted by Crippen LogP contribution is 2.44. The average Bonchev–Trinajstić information content (AvgIpc) is 2.13. The van der Waals surface area contributed by atoms with E-state index in [1.807, 2.05) is 11.8 Å². The van der Waals surface area contributed by atoms with Crippen molar-refractivity contribution in [3.8, 4) is 0 Å². The molecule has 1 N–H and O–H groups in total. The van der Waals surface area contributed by atoms with E-state index in [2.05, 4.69) is 45.9 Å². The fourth-order valence-corrected chi connectivity index (χ4v) is 4.18. The Morgan fingerprint density at radius 1 is 1.06 bits per heavy atom. The molecule has 0 spiro atoms. The molecule has 1 atom stereocenters. The van der Waals surface area contributed by atoms with Crippen molar-refractivity contribution in [2.75, 3.05) is 11.5 Å². The molecular weight excluding hydrogens is 228 g/mol. The summed E-state index contributed by atoms with van der Waals surface area (Å²) in [7, 11) is 0. The molecule has 1 aromatic rings. The second-order valence-corrected chi connectivity index (χ2v) is 7.23. The highest BCUT2D eigenvalue weighted by molar-refractivity contribution is 7.99. The zero-order chi connectivity index (χ0) is 12.7. The summed E-state index contributed by atoms with van der Waals surface area (Å²) in [6.45, 7) is 8.68. The van der Waals surface area contributed by atoms with E-state index in [0.29, 0.717) is 0 Å². The van der Waals surface area contributed by atoms with Crippen LogP contribution in [-0.4, -0.2) is 16.6 Å². The van der Waals surface area contributed by atoms with Gasteiger partial charge in [0.1, 0.15) is 0 Å². The van der Waals surface area contributed by atoms with Gasteiger partial charge in [0.2, 0.25) is 0 Å². The Bertz CT molecular complexity index is 405. The molecule has 2 heteroatoms. The van der Waals surface area contributed by atoms with Crippen molar-refractivity contribution in [2.24, 2.45) is 5.41 Å². The third-order valence-corrected chi connectivity index (χ3v) is 5.03. The number of benzene rings is 1. The minimum absolute atomic E-state index is 0.218. The van der Waals surface area contributed by atoms with Crippen LogP contribution < -0.4 is 0 Å². The molecule has 1 aliphatic heterocycles. The Labute approximate surface area is 109 Å². The van der Waals surface area contributed by atoms with Gasteiger partial charge in [-0.2, -0.15) is 11.8 Å². The lowest BCUT2D eigenvalue weighted by molar-refractivity contribution is 0.0155. The van der Waals surface area contributed by atoms with Gasteiger partial charge in [-0.15, -0.1) is 0 Å². The zero-order valence-electron chi connectivity index (χ0n) is 11.2. The summed E-state index contributed by atoms with van der Waals surface area (Å²) in [4.78, 5) is 0. The van der Waals surface area contributed by atoms with Gasteiger partial charge < -0.3 is 5.11 Å². The van der Waals surface area contributed by atoms with Gasteiger partial charge in [0, 0.05) is 5.75 Å². The summed E-state index contributed by atoms with van der Waals surface area (Å²) in [5, 5.41) is 10.9. The predicted octanol–water partition coefficient (Wildman–Crippen LogP) is 3.65. The van der Waals surface area contributed by atoms with E-state index in [4.69, 9.17) is 0 Å². The van der Waals surface area contributed by atoms with Gasteiger partial charge in [0.05, 0.1) is 5.60 Å². The summed E-state index contributed by atoms with van der Waals surface area (Å²) >= 11 is 1.87. The molecule has 0 bridgehead atoms. The number of hydrogen-bond donors (Lipinski definition) is 1. The van der Waals surface area contributed by atoms with Gasteiger partial charge in [-0.3, -0.25) is 0 Å². The van der Waals surface area contributed by atoms with Gasteiger partial charge in [0.25, 0.3) is 0 Å². The molecule has 0 aliphatic carbocycles. The van der Waals surface area contributed by atoms with E-state index in [-0.39, 0.29) is 5.41 Å². The molecule has 94 valence electrons. The fourth-order valence-electron chi connectivity index (χ4n) is 2.82. The van der Waals surface area contributed by atoms with E-state index in [1.165, 1.54) is 11.1 Å². The monoisotopic (exact) mass is 250 g/mol. The molecule has 1 aliphatic rings. The molecule has 0 aromatic heterocycles. The Hall–Kier alpha value is -0.470. The Balaban J connectivity index is 2.37. The van der Waals surface area contributed by atoms with E-state index in [9.17, 15) is 5.11 Å². The van der Waals surface area contributed by atoms with Crippen LogP contribution in [-0.2, 0) is 5.60 Å². The Morgan fingerprint density at radius 3 is 2.18 bits per heavy atom. The topological polar surface area (TPSA) is 20.2 Å². The van der Waals surface area contributed by atoms with Gasteiger partial charge in [0.15, 0.2) is 0 Å². The number of hydrogen-bond acceptors (Lipinski definition) is 2. The van der Waals surface area contributed by atoms with Crippen molar-refractivity contribution in [3.05, 3.63) is 34.9 Å². The lowest BCUT2D eigenvalue weighted by atomic mass is 9.78.